The van der Waals surface area contributed by atoms with E-state index < -0.39 is 0 Å². The summed E-state index contributed by atoms with van der Waals surface area (Å²) in [5.41, 5.74) is 1.04. The van der Waals surface area contributed by atoms with Gasteiger partial charge in [-0.25, -0.2) is 0 Å². The predicted molar refractivity (Wildman–Crippen MR) is 88.9 cm³/mol. The molecular weight excluding hydrogens is 316 g/mol. The Labute approximate surface area is 140 Å². The highest BCUT2D eigenvalue weighted by molar-refractivity contribution is 6.30. The molecule has 0 aliphatic heterocycles. The Morgan fingerprint density at radius 2 is 1.65 bits per heavy atom. The van der Waals surface area contributed by atoms with E-state index in [2.05, 4.69) is 4.74 Å². The number of ether oxygens (including phenoxy) is 3. The Morgan fingerprint density at radius 3 is 2.26 bits per heavy atom. The van der Waals surface area contributed by atoms with E-state index in [9.17, 15) is 4.79 Å². The maximum atomic E-state index is 11.2. The van der Waals surface area contributed by atoms with Gasteiger partial charge >= 0.3 is 5.97 Å². The number of methoxy groups -OCH3 is 1. The van der Waals surface area contributed by atoms with Crippen molar-refractivity contribution in [3.8, 4) is 11.5 Å². The Kier molecular flexibility index (Phi) is 6.29. The second-order valence-electron chi connectivity index (χ2n) is 5.10. The molecule has 5 heteroatoms. The number of carbonyl (C=O) groups excluding carboxylic acids is 1. The molecule has 2 rings (SSSR count). The van der Waals surface area contributed by atoms with Gasteiger partial charge in [0.25, 0.3) is 0 Å². The average Bonchev–Trinajstić information content (AvgIpc) is 2.55. The highest BCUT2D eigenvalue weighted by atomic mass is 35.5. The Hall–Kier alpha value is -2.20. The van der Waals surface area contributed by atoms with Crippen LogP contribution in [0.1, 0.15) is 18.9 Å². The molecule has 0 bridgehead atoms. The molecule has 0 amide bonds. The summed E-state index contributed by atoms with van der Waals surface area (Å²) in [6, 6.07) is 14.8. The van der Waals surface area contributed by atoms with Crippen molar-refractivity contribution in [2.24, 2.45) is 0 Å². The van der Waals surface area contributed by atoms with Crippen molar-refractivity contribution in [3.63, 3.8) is 0 Å². The summed E-state index contributed by atoms with van der Waals surface area (Å²) in [7, 11) is 1.36. The van der Waals surface area contributed by atoms with E-state index in [0.717, 1.165) is 11.3 Å². The molecule has 0 radical (unpaired) electrons. The summed E-state index contributed by atoms with van der Waals surface area (Å²) >= 11 is 5.84. The fraction of sp³-hybridized carbons (Fsp3) is 0.278. The molecule has 122 valence electrons. The van der Waals surface area contributed by atoms with Crippen molar-refractivity contribution in [1.82, 2.24) is 0 Å². The van der Waals surface area contributed by atoms with Gasteiger partial charge in [0, 0.05) is 5.02 Å². The molecule has 1 unspecified atom stereocenters. The van der Waals surface area contributed by atoms with Crippen LogP contribution in [0.5, 0.6) is 11.5 Å². The second-order valence-corrected chi connectivity index (χ2v) is 5.53. The summed E-state index contributed by atoms with van der Waals surface area (Å²) < 4.78 is 16.0. The molecule has 0 aliphatic carbocycles. The van der Waals surface area contributed by atoms with Gasteiger partial charge in [-0.15, -0.1) is 0 Å². The monoisotopic (exact) mass is 334 g/mol. The van der Waals surface area contributed by atoms with Crippen LogP contribution in [0.3, 0.4) is 0 Å². The number of carbonyl (C=O) groups is 1. The van der Waals surface area contributed by atoms with E-state index in [4.69, 9.17) is 21.1 Å². The third kappa shape index (κ3) is 5.83. The first-order valence-electron chi connectivity index (χ1n) is 7.27. The normalized spacial score (nSPS) is 11.6. The minimum atomic E-state index is -0.291. The van der Waals surface area contributed by atoms with E-state index in [1.807, 2.05) is 55.5 Å². The van der Waals surface area contributed by atoms with Gasteiger partial charge in [-0.3, -0.25) is 4.79 Å². The molecule has 0 spiro atoms. The molecule has 0 aromatic heterocycles. The van der Waals surface area contributed by atoms with Gasteiger partial charge in [0.1, 0.15) is 24.2 Å². The van der Waals surface area contributed by atoms with E-state index in [-0.39, 0.29) is 18.5 Å². The Bertz CT molecular complexity index is 622. The van der Waals surface area contributed by atoms with Gasteiger partial charge in [0.05, 0.1) is 13.5 Å². The van der Waals surface area contributed by atoms with Crippen molar-refractivity contribution in [2.75, 3.05) is 7.11 Å². The molecule has 23 heavy (non-hydrogen) atoms. The zero-order valence-corrected chi connectivity index (χ0v) is 13.9. The minimum Gasteiger partial charge on any atom is -0.490 e. The van der Waals surface area contributed by atoms with Crippen LogP contribution in [0.25, 0.3) is 0 Å². The second kappa shape index (κ2) is 8.44. The lowest BCUT2D eigenvalue weighted by Gasteiger charge is -2.14. The molecule has 2 aromatic carbocycles. The molecule has 1 atom stereocenters. The van der Waals surface area contributed by atoms with Crippen molar-refractivity contribution >= 4 is 17.6 Å². The summed E-state index contributed by atoms with van der Waals surface area (Å²) in [4.78, 5) is 11.2. The zero-order valence-electron chi connectivity index (χ0n) is 13.1. The first-order chi connectivity index (χ1) is 11.1. The van der Waals surface area contributed by atoms with Crippen LogP contribution in [0, 0.1) is 0 Å². The van der Waals surface area contributed by atoms with Crippen LogP contribution >= 0.6 is 11.6 Å². The highest BCUT2D eigenvalue weighted by Crippen LogP contribution is 2.20. The maximum Gasteiger partial charge on any atom is 0.309 e. The van der Waals surface area contributed by atoms with Gasteiger partial charge in [0.15, 0.2) is 0 Å². The summed E-state index contributed by atoms with van der Waals surface area (Å²) in [5, 5.41) is 0.705. The largest absolute Gasteiger partial charge is 0.490 e. The van der Waals surface area contributed by atoms with Crippen molar-refractivity contribution in [3.05, 3.63) is 59.1 Å². The minimum absolute atomic E-state index is 0.214. The molecule has 0 aliphatic rings. The maximum absolute atomic E-state index is 11.2. The van der Waals surface area contributed by atoms with Crippen LogP contribution in [-0.2, 0) is 16.1 Å². The number of rotatable bonds is 7. The molecule has 2 aromatic rings. The van der Waals surface area contributed by atoms with Gasteiger partial charge in [-0.05, 0) is 48.9 Å². The third-order valence-electron chi connectivity index (χ3n) is 3.16. The number of esters is 1. The fourth-order valence-electron chi connectivity index (χ4n) is 1.95. The topological polar surface area (TPSA) is 44.8 Å². The molecule has 4 nitrogen and oxygen atoms in total. The molecular formula is C18H19ClO4. The lowest BCUT2D eigenvalue weighted by Crippen LogP contribution is -2.17. The molecule has 0 N–H and O–H groups in total. The number of hydrogen-bond donors (Lipinski definition) is 0. The lowest BCUT2D eigenvalue weighted by molar-refractivity contribution is -0.142. The third-order valence-corrected chi connectivity index (χ3v) is 3.41. The quantitative estimate of drug-likeness (QED) is 0.710. The molecule has 0 saturated carbocycles. The van der Waals surface area contributed by atoms with E-state index in [1.54, 1.807) is 0 Å². The predicted octanol–water partition coefficient (Wildman–Crippen LogP) is 4.25. The van der Waals surface area contributed by atoms with Crippen LogP contribution in [-0.4, -0.2) is 19.2 Å². The number of halogens is 1. The van der Waals surface area contributed by atoms with Crippen molar-refractivity contribution < 1.29 is 19.0 Å². The molecule has 0 saturated heterocycles. The smallest absolute Gasteiger partial charge is 0.309 e. The van der Waals surface area contributed by atoms with Crippen LogP contribution < -0.4 is 9.47 Å². The SMILES string of the molecule is COC(=O)CC(C)Oc1ccc(OCc2ccc(Cl)cc2)cc1. The molecule has 0 heterocycles. The van der Waals surface area contributed by atoms with Crippen LogP contribution in [0.2, 0.25) is 5.02 Å². The summed E-state index contributed by atoms with van der Waals surface area (Å²) in [5.74, 6) is 1.13. The van der Waals surface area contributed by atoms with Crippen molar-refractivity contribution in [1.29, 1.82) is 0 Å². The summed E-state index contributed by atoms with van der Waals surface area (Å²) in [6.07, 6.45) is -0.0333. The number of benzene rings is 2. The van der Waals surface area contributed by atoms with Gasteiger partial charge < -0.3 is 14.2 Å². The van der Waals surface area contributed by atoms with E-state index in [0.29, 0.717) is 17.4 Å². The molecule has 0 fully saturated rings. The van der Waals surface area contributed by atoms with E-state index in [1.165, 1.54) is 7.11 Å². The standard InChI is InChI=1S/C18H19ClO4/c1-13(11-18(20)21-2)23-17-9-7-16(8-10-17)22-12-14-3-5-15(19)6-4-14/h3-10,13H,11-12H2,1-2H3. The Balaban J connectivity index is 1.84. The van der Waals surface area contributed by atoms with Crippen LogP contribution in [0.4, 0.5) is 0 Å². The lowest BCUT2D eigenvalue weighted by atomic mass is 10.2. The Morgan fingerprint density at radius 1 is 1.04 bits per heavy atom. The van der Waals surface area contributed by atoms with E-state index >= 15 is 0 Å². The first kappa shape index (κ1) is 17.2. The highest BCUT2D eigenvalue weighted by Gasteiger charge is 2.10. The average molecular weight is 335 g/mol. The fourth-order valence-corrected chi connectivity index (χ4v) is 2.08. The first-order valence-corrected chi connectivity index (χ1v) is 7.65. The van der Waals surface area contributed by atoms with Crippen LogP contribution in [0.15, 0.2) is 48.5 Å². The van der Waals surface area contributed by atoms with Crippen molar-refractivity contribution in [2.45, 2.75) is 26.1 Å². The van der Waals surface area contributed by atoms with Gasteiger partial charge in [-0.2, -0.15) is 0 Å². The number of hydrogen-bond acceptors (Lipinski definition) is 4. The summed E-state index contributed by atoms with van der Waals surface area (Å²) in [6.45, 7) is 2.29. The zero-order chi connectivity index (χ0) is 16.7. The van der Waals surface area contributed by atoms with Gasteiger partial charge in [0.2, 0.25) is 0 Å². The van der Waals surface area contributed by atoms with Gasteiger partial charge in [-0.1, -0.05) is 23.7 Å².